The number of benzene rings is 1. The molecule has 0 bridgehead atoms. The first-order valence-electron chi connectivity index (χ1n) is 6.99. The molecule has 0 amide bonds. The summed E-state index contributed by atoms with van der Waals surface area (Å²) in [5.41, 5.74) is 2.01. The van der Waals surface area contributed by atoms with E-state index in [-0.39, 0.29) is 5.92 Å². The van der Waals surface area contributed by atoms with Gasteiger partial charge in [-0.3, -0.25) is 9.69 Å². The number of hydrogen-bond acceptors (Lipinski definition) is 4. The zero-order valence-electron chi connectivity index (χ0n) is 11.6. The second-order valence-corrected chi connectivity index (χ2v) is 5.37. The summed E-state index contributed by atoms with van der Waals surface area (Å²) in [4.78, 5) is 21.8. The van der Waals surface area contributed by atoms with Gasteiger partial charge >= 0.3 is 5.97 Å². The first-order chi connectivity index (χ1) is 10.2. The molecule has 1 aliphatic rings. The van der Waals surface area contributed by atoms with Crippen molar-refractivity contribution in [1.82, 2.24) is 14.9 Å². The summed E-state index contributed by atoms with van der Waals surface area (Å²) in [5, 5.41) is 9.46. The molecule has 2 heterocycles. The fraction of sp³-hybridized carbons (Fsp3) is 0.312. The number of hydrogen-bond donors (Lipinski definition) is 1. The lowest BCUT2D eigenvalue weighted by Gasteiger charge is -2.15. The Morgan fingerprint density at radius 3 is 2.71 bits per heavy atom. The van der Waals surface area contributed by atoms with E-state index in [1.807, 2.05) is 24.3 Å². The van der Waals surface area contributed by atoms with Gasteiger partial charge in [0.1, 0.15) is 6.33 Å². The predicted octanol–water partition coefficient (Wildman–Crippen LogP) is 1.78. The van der Waals surface area contributed by atoms with E-state index in [1.54, 1.807) is 6.20 Å². The number of nitrogens with zero attached hydrogens (tertiary/aromatic N) is 3. The van der Waals surface area contributed by atoms with E-state index in [2.05, 4.69) is 27.0 Å². The van der Waals surface area contributed by atoms with Gasteiger partial charge in [0.05, 0.1) is 5.92 Å². The highest BCUT2D eigenvalue weighted by atomic mass is 16.4. The Morgan fingerprint density at radius 2 is 2.05 bits per heavy atom. The average Bonchev–Trinajstić information content (AvgIpc) is 2.93. The maximum Gasteiger partial charge on any atom is 0.308 e. The highest BCUT2D eigenvalue weighted by molar-refractivity contribution is 5.72. The molecule has 1 fully saturated rings. The van der Waals surface area contributed by atoms with Crippen LogP contribution in [0.5, 0.6) is 0 Å². The minimum absolute atomic E-state index is 0.0748. The van der Waals surface area contributed by atoms with Crippen LogP contribution in [0.3, 0.4) is 0 Å². The Hall–Kier alpha value is -2.27. The first-order valence-corrected chi connectivity index (χ1v) is 6.99. The zero-order chi connectivity index (χ0) is 14.7. The van der Waals surface area contributed by atoms with Gasteiger partial charge in [0.25, 0.3) is 0 Å². The van der Waals surface area contributed by atoms with Crippen LogP contribution < -0.4 is 0 Å². The molecule has 5 nitrogen and oxygen atoms in total. The van der Waals surface area contributed by atoms with Gasteiger partial charge in [-0.15, -0.1) is 0 Å². The smallest absolute Gasteiger partial charge is 0.308 e. The lowest BCUT2D eigenvalue weighted by molar-refractivity contribution is -0.141. The number of rotatable bonds is 4. The van der Waals surface area contributed by atoms with E-state index in [4.69, 9.17) is 0 Å². The molecule has 1 aromatic carbocycles. The van der Waals surface area contributed by atoms with Crippen LogP contribution in [-0.4, -0.2) is 39.0 Å². The monoisotopic (exact) mass is 283 g/mol. The van der Waals surface area contributed by atoms with Crippen LogP contribution in [0.15, 0.2) is 48.9 Å². The van der Waals surface area contributed by atoms with Crippen molar-refractivity contribution in [2.75, 3.05) is 13.1 Å². The van der Waals surface area contributed by atoms with Gasteiger partial charge in [0, 0.05) is 37.4 Å². The summed E-state index contributed by atoms with van der Waals surface area (Å²) in [6.07, 6.45) is 3.15. The normalized spacial score (nSPS) is 22.3. The third kappa shape index (κ3) is 3.08. The molecule has 108 valence electrons. The largest absolute Gasteiger partial charge is 0.481 e. The van der Waals surface area contributed by atoms with Gasteiger partial charge in [0.2, 0.25) is 0 Å². The highest BCUT2D eigenvalue weighted by Gasteiger charge is 2.39. The van der Waals surface area contributed by atoms with E-state index < -0.39 is 11.9 Å². The number of likely N-dealkylation sites (tertiary alicyclic amines) is 1. The van der Waals surface area contributed by atoms with Crippen LogP contribution in [0.2, 0.25) is 0 Å². The molecule has 0 spiro atoms. The van der Waals surface area contributed by atoms with Crippen LogP contribution in [-0.2, 0) is 11.3 Å². The van der Waals surface area contributed by atoms with Gasteiger partial charge in [-0.05, 0) is 11.6 Å². The minimum Gasteiger partial charge on any atom is -0.481 e. The van der Waals surface area contributed by atoms with E-state index in [9.17, 15) is 9.90 Å². The quantitative estimate of drug-likeness (QED) is 0.926. The average molecular weight is 283 g/mol. The van der Waals surface area contributed by atoms with Gasteiger partial charge in [0.15, 0.2) is 0 Å². The molecular formula is C16H17N3O2. The summed E-state index contributed by atoms with van der Waals surface area (Å²) >= 11 is 0. The molecule has 1 aromatic heterocycles. The van der Waals surface area contributed by atoms with Crippen molar-refractivity contribution in [1.29, 1.82) is 0 Å². The van der Waals surface area contributed by atoms with Crippen LogP contribution in [0, 0.1) is 5.92 Å². The number of aromatic nitrogens is 2. The molecule has 0 aliphatic carbocycles. The number of carboxylic acid groups (broad SMARTS) is 1. The number of carbonyl (C=O) groups is 1. The molecule has 1 saturated heterocycles. The third-order valence-corrected chi connectivity index (χ3v) is 3.95. The second kappa shape index (κ2) is 6.01. The molecule has 1 aliphatic heterocycles. The first kappa shape index (κ1) is 13.7. The summed E-state index contributed by atoms with van der Waals surface area (Å²) in [6.45, 7) is 2.04. The van der Waals surface area contributed by atoms with Gasteiger partial charge in [-0.2, -0.15) is 0 Å². The highest BCUT2D eigenvalue weighted by Crippen LogP contribution is 2.32. The van der Waals surface area contributed by atoms with Crippen molar-refractivity contribution < 1.29 is 9.90 Å². The minimum atomic E-state index is -0.755. The standard InChI is InChI=1S/C16H17N3O2/c20-16(21)14-10-19(8-12-4-2-1-3-5-12)9-13(14)15-6-7-17-11-18-15/h1-7,11,13-14H,8-10H2,(H,20,21). The molecule has 0 saturated carbocycles. The Bertz CT molecular complexity index is 603. The predicted molar refractivity (Wildman–Crippen MR) is 77.6 cm³/mol. The van der Waals surface area contributed by atoms with Crippen molar-refractivity contribution in [2.24, 2.45) is 5.92 Å². The van der Waals surface area contributed by atoms with Gasteiger partial charge in [-0.25, -0.2) is 9.97 Å². The molecule has 2 atom stereocenters. The van der Waals surface area contributed by atoms with Crippen molar-refractivity contribution >= 4 is 5.97 Å². The second-order valence-electron chi connectivity index (χ2n) is 5.37. The van der Waals surface area contributed by atoms with Crippen molar-refractivity contribution in [2.45, 2.75) is 12.5 Å². The molecule has 2 aromatic rings. The molecule has 21 heavy (non-hydrogen) atoms. The Morgan fingerprint density at radius 1 is 1.24 bits per heavy atom. The fourth-order valence-electron chi connectivity index (χ4n) is 2.93. The molecule has 5 heteroatoms. The lowest BCUT2D eigenvalue weighted by Crippen LogP contribution is -2.23. The van der Waals surface area contributed by atoms with E-state index in [1.165, 1.54) is 11.9 Å². The number of aliphatic carboxylic acids is 1. The van der Waals surface area contributed by atoms with E-state index in [0.29, 0.717) is 13.1 Å². The summed E-state index contributed by atoms with van der Waals surface area (Å²) in [7, 11) is 0. The van der Waals surface area contributed by atoms with Crippen LogP contribution >= 0.6 is 0 Å². The topological polar surface area (TPSA) is 66.3 Å². The molecule has 0 radical (unpaired) electrons. The lowest BCUT2D eigenvalue weighted by atomic mass is 9.93. The van der Waals surface area contributed by atoms with Crippen molar-refractivity contribution in [3.8, 4) is 0 Å². The van der Waals surface area contributed by atoms with E-state index >= 15 is 0 Å². The Balaban J connectivity index is 1.77. The number of carboxylic acids is 1. The van der Waals surface area contributed by atoms with E-state index in [0.717, 1.165) is 12.2 Å². The fourth-order valence-corrected chi connectivity index (χ4v) is 2.93. The van der Waals surface area contributed by atoms with Crippen LogP contribution in [0.1, 0.15) is 17.2 Å². The molecule has 1 N–H and O–H groups in total. The Kier molecular flexibility index (Phi) is 3.92. The van der Waals surface area contributed by atoms with Crippen molar-refractivity contribution in [3.63, 3.8) is 0 Å². The molecule has 3 rings (SSSR count). The van der Waals surface area contributed by atoms with Crippen LogP contribution in [0.4, 0.5) is 0 Å². The Labute approximate surface area is 123 Å². The maximum absolute atomic E-state index is 11.5. The summed E-state index contributed by atoms with van der Waals surface area (Å²) in [6, 6.07) is 11.9. The summed E-state index contributed by atoms with van der Waals surface area (Å²) < 4.78 is 0. The third-order valence-electron chi connectivity index (χ3n) is 3.95. The zero-order valence-corrected chi connectivity index (χ0v) is 11.6. The van der Waals surface area contributed by atoms with Gasteiger partial charge < -0.3 is 5.11 Å². The summed E-state index contributed by atoms with van der Waals surface area (Å²) in [5.74, 6) is -1.24. The van der Waals surface area contributed by atoms with Gasteiger partial charge in [-0.1, -0.05) is 30.3 Å². The molecule has 2 unspecified atom stereocenters. The van der Waals surface area contributed by atoms with Crippen LogP contribution in [0.25, 0.3) is 0 Å². The SMILES string of the molecule is O=C(O)C1CN(Cc2ccccc2)CC1c1ccncn1. The molecular weight excluding hydrogens is 266 g/mol. The maximum atomic E-state index is 11.5. The van der Waals surface area contributed by atoms with Crippen molar-refractivity contribution in [3.05, 3.63) is 60.2 Å².